The molecule has 268 valence electrons. The van der Waals surface area contributed by atoms with Crippen LogP contribution in [0.4, 0.5) is 5.82 Å². The van der Waals surface area contributed by atoms with Gasteiger partial charge in [0, 0.05) is 12.8 Å². The summed E-state index contributed by atoms with van der Waals surface area (Å²) in [4.78, 5) is 35.6. The molecule has 1 fully saturated rings. The molecule has 0 saturated carbocycles. The van der Waals surface area contributed by atoms with Crippen LogP contribution < -0.4 is 11.4 Å². The number of anilines is 1. The predicted molar refractivity (Wildman–Crippen MR) is 172 cm³/mol. The van der Waals surface area contributed by atoms with Crippen molar-refractivity contribution in [3.63, 3.8) is 0 Å². The number of halogens is 1. The Labute approximate surface area is 275 Å². The largest absolute Gasteiger partial charge is 0.481 e. The molecule has 0 spiro atoms. The molecule has 6 N–H and O–H groups in total. The van der Waals surface area contributed by atoms with Crippen LogP contribution in [0, 0.1) is 0 Å². The highest BCUT2D eigenvalue weighted by Crippen LogP contribution is 2.61. The van der Waals surface area contributed by atoms with Crippen LogP contribution in [-0.4, -0.2) is 79.7 Å². The second kappa shape index (κ2) is 21.9. The molecular formula is C28H52ClN3O12P2. The molecule has 1 aliphatic rings. The van der Waals surface area contributed by atoms with E-state index in [0.717, 1.165) is 23.8 Å². The maximum absolute atomic E-state index is 12.4. The second-order valence-corrected chi connectivity index (χ2v) is 14.8. The summed E-state index contributed by atoms with van der Waals surface area (Å²) in [5.41, 5.74) is 4.57. The number of phosphoric acid groups is 2. The third-order valence-corrected chi connectivity index (χ3v) is 10.5. The highest BCUT2D eigenvalue weighted by Gasteiger charge is 2.46. The summed E-state index contributed by atoms with van der Waals surface area (Å²) in [6, 6.07) is 1.27. The van der Waals surface area contributed by atoms with E-state index in [1.165, 1.54) is 82.9 Å². The fourth-order valence-electron chi connectivity index (χ4n) is 4.96. The molecule has 0 radical (unpaired) electrons. The molecule has 0 amide bonds. The van der Waals surface area contributed by atoms with E-state index in [-0.39, 0.29) is 18.3 Å². The molecule has 0 aromatic carbocycles. The zero-order valence-electron chi connectivity index (χ0n) is 26.6. The molecule has 0 aliphatic carbocycles. The Morgan fingerprint density at radius 2 is 1.52 bits per heavy atom. The van der Waals surface area contributed by atoms with E-state index < -0.39 is 58.6 Å². The number of unbranched alkanes of at least 4 members (excludes halogenated alkanes) is 13. The van der Waals surface area contributed by atoms with Gasteiger partial charge in [-0.2, -0.15) is 9.29 Å². The van der Waals surface area contributed by atoms with Gasteiger partial charge in [-0.05, 0) is 12.5 Å². The van der Waals surface area contributed by atoms with Crippen LogP contribution in [0.15, 0.2) is 17.1 Å². The lowest BCUT2D eigenvalue weighted by atomic mass is 10.0. The molecule has 1 aromatic rings. The van der Waals surface area contributed by atoms with Gasteiger partial charge in [-0.15, -0.1) is 11.6 Å². The molecule has 3 unspecified atom stereocenters. The quantitative estimate of drug-likeness (QED) is 0.0493. The summed E-state index contributed by atoms with van der Waals surface area (Å²) >= 11 is 5.82. The molecule has 46 heavy (non-hydrogen) atoms. The van der Waals surface area contributed by atoms with Crippen molar-refractivity contribution >= 4 is 33.1 Å². The first-order valence-corrected chi connectivity index (χ1v) is 19.6. The summed E-state index contributed by atoms with van der Waals surface area (Å²) in [7, 11) is -10.4. The topological polar surface area (TPSA) is 222 Å². The van der Waals surface area contributed by atoms with Crippen molar-refractivity contribution in [1.29, 1.82) is 0 Å². The number of aliphatic hydroxyl groups is 2. The minimum atomic E-state index is -5.24. The number of nitrogens with zero attached hydrogens (tertiary/aromatic N) is 2. The smallest absolute Gasteiger partial charge is 0.387 e. The number of alkyl halides is 1. The van der Waals surface area contributed by atoms with Gasteiger partial charge in [-0.1, -0.05) is 90.4 Å². The molecular weight excluding hydrogens is 668 g/mol. The van der Waals surface area contributed by atoms with Crippen molar-refractivity contribution < 1.29 is 52.0 Å². The molecule has 1 aromatic heterocycles. The average molecular weight is 720 g/mol. The SMILES string of the molecule is CCCCCCCCCCCCCCCCOCC(CCl)OP(=O)(O)OP(=O)(O)OC[C@@H]1O[C@H](n2ccc(N)nc2=O)[C@@H](O)[C@H]1O. The van der Waals surface area contributed by atoms with Crippen molar-refractivity contribution in [3.8, 4) is 0 Å². The summed E-state index contributed by atoms with van der Waals surface area (Å²) in [5, 5.41) is 20.6. The number of phosphoric ester groups is 2. The van der Waals surface area contributed by atoms with Gasteiger partial charge >= 0.3 is 21.3 Å². The number of hydrogen-bond acceptors (Lipinski definition) is 12. The van der Waals surface area contributed by atoms with Crippen molar-refractivity contribution in [2.75, 3.05) is 31.4 Å². The van der Waals surface area contributed by atoms with Gasteiger partial charge in [-0.3, -0.25) is 13.6 Å². The van der Waals surface area contributed by atoms with E-state index >= 15 is 0 Å². The van der Waals surface area contributed by atoms with E-state index in [1.54, 1.807) is 0 Å². The summed E-state index contributed by atoms with van der Waals surface area (Å²) in [6.45, 7) is 1.62. The second-order valence-electron chi connectivity index (χ2n) is 11.5. The van der Waals surface area contributed by atoms with E-state index in [4.69, 9.17) is 35.9 Å². The number of nitrogens with two attached hydrogens (primary N) is 1. The molecule has 7 atom stereocenters. The maximum atomic E-state index is 12.4. The molecule has 2 rings (SSSR count). The number of ether oxygens (including phenoxy) is 2. The Bertz CT molecular complexity index is 1150. The number of hydrogen-bond donors (Lipinski definition) is 5. The van der Waals surface area contributed by atoms with Crippen LogP contribution in [-0.2, 0) is 32.0 Å². The minimum absolute atomic E-state index is 0.0730. The predicted octanol–water partition coefficient (Wildman–Crippen LogP) is 4.80. The first-order valence-electron chi connectivity index (χ1n) is 16.1. The van der Waals surface area contributed by atoms with Gasteiger partial charge in [0.2, 0.25) is 0 Å². The molecule has 15 nitrogen and oxygen atoms in total. The number of aliphatic hydroxyl groups excluding tert-OH is 2. The Balaban J connectivity index is 1.61. The van der Waals surface area contributed by atoms with Crippen molar-refractivity contribution in [2.45, 2.75) is 127 Å². The van der Waals surface area contributed by atoms with E-state index in [9.17, 15) is 33.9 Å². The lowest BCUT2D eigenvalue weighted by Crippen LogP contribution is -2.36. The monoisotopic (exact) mass is 719 g/mol. The Morgan fingerprint density at radius 1 is 0.957 bits per heavy atom. The first kappa shape index (κ1) is 41.2. The van der Waals surface area contributed by atoms with Gasteiger partial charge < -0.3 is 35.2 Å². The van der Waals surface area contributed by atoms with Gasteiger partial charge in [0.05, 0.1) is 19.1 Å². The summed E-state index contributed by atoms with van der Waals surface area (Å²) < 4.78 is 50.5. The summed E-state index contributed by atoms with van der Waals surface area (Å²) in [5.74, 6) is -0.333. The van der Waals surface area contributed by atoms with Gasteiger partial charge in [0.25, 0.3) is 0 Å². The zero-order chi connectivity index (χ0) is 34.0. The van der Waals surface area contributed by atoms with Crippen LogP contribution >= 0.6 is 27.2 Å². The Hall–Kier alpha value is -0.930. The molecule has 1 saturated heterocycles. The van der Waals surface area contributed by atoms with Crippen molar-refractivity contribution in [1.82, 2.24) is 9.55 Å². The summed E-state index contributed by atoms with van der Waals surface area (Å²) in [6.07, 6.45) is 11.1. The lowest BCUT2D eigenvalue weighted by Gasteiger charge is -2.21. The van der Waals surface area contributed by atoms with Crippen LogP contribution in [0.1, 0.15) is 103 Å². The van der Waals surface area contributed by atoms with Gasteiger partial charge in [-0.25, -0.2) is 13.9 Å². The zero-order valence-corrected chi connectivity index (χ0v) is 29.1. The van der Waals surface area contributed by atoms with Crippen LogP contribution in [0.2, 0.25) is 0 Å². The fourth-order valence-corrected chi connectivity index (χ4v) is 7.44. The highest BCUT2D eigenvalue weighted by molar-refractivity contribution is 7.61. The number of nitrogen functional groups attached to an aromatic ring is 1. The molecule has 1 aliphatic heterocycles. The lowest BCUT2D eigenvalue weighted by molar-refractivity contribution is -0.0543. The van der Waals surface area contributed by atoms with Crippen molar-refractivity contribution in [3.05, 3.63) is 22.7 Å². The van der Waals surface area contributed by atoms with Crippen molar-refractivity contribution in [2.24, 2.45) is 0 Å². The highest BCUT2D eigenvalue weighted by atomic mass is 35.5. The van der Waals surface area contributed by atoms with Crippen LogP contribution in [0.25, 0.3) is 0 Å². The molecule has 0 bridgehead atoms. The van der Waals surface area contributed by atoms with E-state index in [1.807, 2.05) is 0 Å². The Kier molecular flexibility index (Phi) is 19.7. The molecule has 18 heteroatoms. The number of rotatable bonds is 26. The van der Waals surface area contributed by atoms with Crippen LogP contribution in [0.3, 0.4) is 0 Å². The van der Waals surface area contributed by atoms with E-state index in [2.05, 4.69) is 16.2 Å². The molecule has 2 heterocycles. The minimum Gasteiger partial charge on any atom is -0.387 e. The Morgan fingerprint density at radius 3 is 2.07 bits per heavy atom. The third-order valence-electron chi connectivity index (χ3n) is 7.47. The van der Waals surface area contributed by atoms with E-state index in [0.29, 0.717) is 6.61 Å². The average Bonchev–Trinajstić information content (AvgIpc) is 3.27. The maximum Gasteiger partial charge on any atom is 0.481 e. The third kappa shape index (κ3) is 16.0. The normalized spacial score (nSPS) is 23.3. The fraction of sp³-hybridized carbons (Fsp3) is 0.857. The first-order chi connectivity index (χ1) is 21.9. The van der Waals surface area contributed by atoms with Crippen LogP contribution in [0.5, 0.6) is 0 Å². The number of aromatic nitrogens is 2. The standard InChI is InChI=1S/C28H52ClN3O12P2/c1-2-3-4-5-6-7-8-9-10-11-12-13-14-15-18-40-20-22(19-29)43-46(38,39)44-45(36,37)41-21-23-25(33)26(34)27(42-23)32-17-16-24(30)31-28(32)35/h16-17,22-23,25-27,33-34H,2-15,18-21H2,1H3,(H,36,37)(H,38,39)(H2,30,31,35)/t22?,23-,25-,26-,27-/m0/s1. The van der Waals surface area contributed by atoms with Gasteiger partial charge in [0.15, 0.2) is 6.23 Å². The van der Waals surface area contributed by atoms with Gasteiger partial charge in [0.1, 0.15) is 30.2 Å².